The number of benzene rings is 3. The molecule has 1 atom stereocenters. The number of nitrogens with one attached hydrogen (secondary N) is 1. The van der Waals surface area contributed by atoms with Gasteiger partial charge in [0.2, 0.25) is 5.91 Å². The fourth-order valence-electron chi connectivity index (χ4n) is 5.83. The van der Waals surface area contributed by atoms with E-state index in [0.717, 1.165) is 75.7 Å². The quantitative estimate of drug-likeness (QED) is 0.409. The summed E-state index contributed by atoms with van der Waals surface area (Å²) >= 11 is 0. The van der Waals surface area contributed by atoms with Gasteiger partial charge in [0.15, 0.2) is 0 Å². The molecule has 39 heavy (non-hydrogen) atoms. The zero-order chi connectivity index (χ0) is 26.9. The summed E-state index contributed by atoms with van der Waals surface area (Å²) in [6.07, 6.45) is 1.88. The Morgan fingerprint density at radius 3 is 2.18 bits per heavy atom. The molecule has 1 unspecified atom stereocenters. The van der Waals surface area contributed by atoms with Crippen molar-refractivity contribution in [3.63, 3.8) is 0 Å². The molecular formula is C33H41N3O3. The maximum absolute atomic E-state index is 13.5. The second kappa shape index (κ2) is 13.2. The summed E-state index contributed by atoms with van der Waals surface area (Å²) < 4.78 is 11.9. The molecule has 206 valence electrons. The fourth-order valence-corrected chi connectivity index (χ4v) is 5.83. The van der Waals surface area contributed by atoms with Crippen molar-refractivity contribution in [3.05, 3.63) is 102 Å². The molecule has 1 amide bonds. The summed E-state index contributed by atoms with van der Waals surface area (Å²) in [5.41, 5.74) is 3.33. The number of nitrogens with zero attached hydrogens (tertiary/aromatic N) is 2. The number of carbonyl (C=O) groups is 1. The van der Waals surface area contributed by atoms with Crippen LogP contribution in [0.3, 0.4) is 0 Å². The monoisotopic (exact) mass is 527 g/mol. The Morgan fingerprint density at radius 1 is 0.872 bits per heavy atom. The predicted molar refractivity (Wildman–Crippen MR) is 155 cm³/mol. The Hall–Kier alpha value is -3.19. The third-order valence-electron chi connectivity index (χ3n) is 8.32. The van der Waals surface area contributed by atoms with Crippen molar-refractivity contribution < 1.29 is 14.3 Å². The number of hydrogen-bond donors (Lipinski definition) is 1. The predicted octanol–water partition coefficient (Wildman–Crippen LogP) is 4.85. The zero-order valence-electron chi connectivity index (χ0n) is 23.1. The van der Waals surface area contributed by atoms with Gasteiger partial charge in [-0.1, -0.05) is 78.9 Å². The molecule has 1 N–H and O–H groups in total. The lowest BCUT2D eigenvalue weighted by atomic mass is 9.86. The molecule has 0 radical (unpaired) electrons. The van der Waals surface area contributed by atoms with Gasteiger partial charge in [-0.15, -0.1) is 0 Å². The number of amides is 1. The lowest BCUT2D eigenvalue weighted by Crippen LogP contribution is -2.63. The summed E-state index contributed by atoms with van der Waals surface area (Å²) in [4.78, 5) is 18.6. The van der Waals surface area contributed by atoms with Gasteiger partial charge in [-0.2, -0.15) is 0 Å². The fraction of sp³-hybridized carbons (Fsp3) is 0.424. The normalized spacial score (nSPS) is 18.8. The largest absolute Gasteiger partial charge is 0.489 e. The van der Waals surface area contributed by atoms with Crippen molar-refractivity contribution in [2.24, 2.45) is 0 Å². The van der Waals surface area contributed by atoms with E-state index in [9.17, 15) is 4.79 Å². The van der Waals surface area contributed by atoms with Crippen LogP contribution < -0.4 is 10.1 Å². The molecule has 2 aliphatic rings. The van der Waals surface area contributed by atoms with Crippen molar-refractivity contribution in [1.29, 1.82) is 0 Å². The second-order valence-corrected chi connectivity index (χ2v) is 10.8. The van der Waals surface area contributed by atoms with Gasteiger partial charge in [-0.25, -0.2) is 0 Å². The van der Waals surface area contributed by atoms with Gasteiger partial charge in [0.25, 0.3) is 0 Å². The molecule has 0 bridgehead atoms. The molecule has 5 rings (SSSR count). The first kappa shape index (κ1) is 27.4. The van der Waals surface area contributed by atoms with E-state index in [2.05, 4.69) is 45.4 Å². The minimum Gasteiger partial charge on any atom is -0.489 e. The number of carbonyl (C=O) groups excluding carboxylic acids is 1. The summed E-state index contributed by atoms with van der Waals surface area (Å²) in [6.45, 7) is 9.66. The summed E-state index contributed by atoms with van der Waals surface area (Å²) in [5, 5.41) is 3.34. The molecule has 6 nitrogen and oxygen atoms in total. The van der Waals surface area contributed by atoms with Crippen LogP contribution in [-0.4, -0.2) is 67.2 Å². The van der Waals surface area contributed by atoms with Gasteiger partial charge in [-0.05, 0) is 37.0 Å². The van der Waals surface area contributed by atoms with E-state index >= 15 is 0 Å². The molecule has 0 aromatic heterocycles. The molecule has 6 heteroatoms. The Kier molecular flexibility index (Phi) is 9.30. The van der Waals surface area contributed by atoms with Gasteiger partial charge in [0.1, 0.15) is 12.4 Å². The van der Waals surface area contributed by atoms with Gasteiger partial charge in [0.05, 0.1) is 5.92 Å². The first-order valence-electron chi connectivity index (χ1n) is 14.3. The lowest BCUT2D eigenvalue weighted by molar-refractivity contribution is -0.124. The van der Waals surface area contributed by atoms with Crippen molar-refractivity contribution in [2.45, 2.75) is 44.4 Å². The van der Waals surface area contributed by atoms with Crippen LogP contribution in [0.15, 0.2) is 84.9 Å². The molecule has 0 aliphatic carbocycles. The van der Waals surface area contributed by atoms with Crippen LogP contribution in [0.25, 0.3) is 0 Å². The molecule has 2 heterocycles. The molecule has 0 spiro atoms. The highest BCUT2D eigenvalue weighted by Gasteiger charge is 2.40. The zero-order valence-corrected chi connectivity index (χ0v) is 23.1. The highest BCUT2D eigenvalue weighted by molar-refractivity contribution is 5.84. The Labute approximate surface area is 232 Å². The van der Waals surface area contributed by atoms with Crippen LogP contribution >= 0.6 is 0 Å². The maximum atomic E-state index is 13.5. The second-order valence-electron chi connectivity index (χ2n) is 10.8. The Morgan fingerprint density at radius 2 is 1.49 bits per heavy atom. The van der Waals surface area contributed by atoms with E-state index in [1.54, 1.807) is 0 Å². The van der Waals surface area contributed by atoms with Crippen molar-refractivity contribution >= 4 is 5.91 Å². The molecule has 2 fully saturated rings. The molecule has 3 aromatic carbocycles. The Balaban J connectivity index is 1.19. The summed E-state index contributed by atoms with van der Waals surface area (Å²) in [5.74, 6) is 0.496. The van der Waals surface area contributed by atoms with E-state index in [1.165, 1.54) is 5.56 Å². The molecule has 0 saturated carbocycles. The van der Waals surface area contributed by atoms with Crippen molar-refractivity contribution in [2.75, 3.05) is 45.9 Å². The smallest absolute Gasteiger partial charge is 0.227 e. The van der Waals surface area contributed by atoms with Crippen LogP contribution in [0.1, 0.15) is 42.4 Å². The molecule has 2 saturated heterocycles. The number of ether oxygens (including phenoxy) is 2. The van der Waals surface area contributed by atoms with Gasteiger partial charge in [0, 0.05) is 63.6 Å². The van der Waals surface area contributed by atoms with Crippen LogP contribution in [0.4, 0.5) is 0 Å². The maximum Gasteiger partial charge on any atom is 0.227 e. The van der Waals surface area contributed by atoms with Crippen LogP contribution in [-0.2, 0) is 22.7 Å². The SMILES string of the molecule is CC(C(=O)NCC1(N2CCN(Cc3ccccc3)CC2)CCOCC1)c1ccccc1OCc1ccccc1. The summed E-state index contributed by atoms with van der Waals surface area (Å²) in [7, 11) is 0. The third kappa shape index (κ3) is 7.07. The summed E-state index contributed by atoms with van der Waals surface area (Å²) in [6, 6.07) is 28.7. The van der Waals surface area contributed by atoms with E-state index < -0.39 is 0 Å². The standard InChI is InChI=1S/C33H41N3O3/c1-27(30-14-8-9-15-31(30)39-25-29-12-6-3-7-13-29)32(37)34-26-33(16-22-38-23-17-33)36-20-18-35(19-21-36)24-28-10-4-2-5-11-28/h2-15,27H,16-26H2,1H3,(H,34,37). The van der Waals surface area contributed by atoms with Crippen LogP contribution in [0, 0.1) is 0 Å². The van der Waals surface area contributed by atoms with Gasteiger partial charge in [-0.3, -0.25) is 14.6 Å². The van der Waals surface area contributed by atoms with Crippen LogP contribution in [0.5, 0.6) is 5.75 Å². The highest BCUT2D eigenvalue weighted by Crippen LogP contribution is 2.31. The van der Waals surface area contributed by atoms with Crippen LogP contribution in [0.2, 0.25) is 0 Å². The minimum atomic E-state index is -0.309. The average molecular weight is 528 g/mol. The minimum absolute atomic E-state index is 0.0411. The lowest BCUT2D eigenvalue weighted by Gasteiger charge is -2.49. The third-order valence-corrected chi connectivity index (χ3v) is 8.32. The average Bonchev–Trinajstić information content (AvgIpc) is 3.00. The number of piperazine rings is 1. The number of rotatable bonds is 10. The van der Waals surface area contributed by atoms with E-state index in [1.807, 2.05) is 61.5 Å². The Bertz CT molecular complexity index is 1170. The van der Waals surface area contributed by atoms with E-state index in [4.69, 9.17) is 9.47 Å². The van der Waals surface area contributed by atoms with Gasteiger partial charge >= 0.3 is 0 Å². The number of hydrogen-bond acceptors (Lipinski definition) is 5. The molecule has 3 aromatic rings. The topological polar surface area (TPSA) is 54.0 Å². The molecule has 2 aliphatic heterocycles. The van der Waals surface area contributed by atoms with Gasteiger partial charge < -0.3 is 14.8 Å². The molecular weight excluding hydrogens is 486 g/mol. The first-order chi connectivity index (χ1) is 19.1. The van der Waals surface area contributed by atoms with Crippen molar-refractivity contribution in [3.8, 4) is 5.75 Å². The van der Waals surface area contributed by atoms with E-state index in [0.29, 0.717) is 13.2 Å². The first-order valence-corrected chi connectivity index (χ1v) is 14.3. The highest BCUT2D eigenvalue weighted by atomic mass is 16.5. The van der Waals surface area contributed by atoms with Crippen molar-refractivity contribution in [1.82, 2.24) is 15.1 Å². The van der Waals surface area contributed by atoms with E-state index in [-0.39, 0.29) is 17.4 Å². The number of para-hydroxylation sites is 1.